The van der Waals surface area contributed by atoms with Crippen LogP contribution in [-0.2, 0) is 23.8 Å². The van der Waals surface area contributed by atoms with Crippen molar-refractivity contribution in [3.05, 3.63) is 34.9 Å². The van der Waals surface area contributed by atoms with E-state index in [1.807, 2.05) is 6.92 Å². The number of ether oxygens (including phenoxy) is 3. The lowest BCUT2D eigenvalue weighted by Gasteiger charge is -2.54. The Kier molecular flexibility index (Phi) is 3.71. The van der Waals surface area contributed by atoms with E-state index in [9.17, 15) is 14.7 Å². The van der Waals surface area contributed by atoms with E-state index in [1.165, 1.54) is 11.1 Å². The number of epoxide rings is 1. The molecule has 192 valence electrons. The molecule has 3 spiro atoms. The van der Waals surface area contributed by atoms with Gasteiger partial charge in [0.1, 0.15) is 17.8 Å². The molecule has 3 heterocycles. The van der Waals surface area contributed by atoms with E-state index in [0.717, 1.165) is 31.3 Å². The number of allylic oxidation sites excluding steroid dienone is 1. The van der Waals surface area contributed by atoms with Gasteiger partial charge in [0.05, 0.1) is 16.6 Å². The Morgan fingerprint density at radius 1 is 1.08 bits per heavy atom. The molecule has 6 fully saturated rings. The molecule has 8 rings (SSSR count). The predicted octanol–water partition coefficient (Wildman–Crippen LogP) is 4.17. The minimum absolute atomic E-state index is 0.00187. The van der Waals surface area contributed by atoms with Gasteiger partial charge in [0, 0.05) is 28.7 Å². The molecule has 11 atom stereocenters. The van der Waals surface area contributed by atoms with E-state index in [0.29, 0.717) is 24.8 Å². The van der Waals surface area contributed by atoms with E-state index >= 15 is 0 Å². The highest BCUT2D eigenvalue weighted by Gasteiger charge is 2.84. The predicted molar refractivity (Wildman–Crippen MR) is 129 cm³/mol. The standard InChI is InChI=1S/C30H36O6/c1-14-6-11-30-20(14)23-19(8-10-27(30,5)36-30)28(25(32)35-23)12-17-13-29(28)21(15(17)2)22-18(7-9-26(29,4)33)16(3)24(31)34-22/h6,17-20,22-23,33H,3,7-13H2,1-2,4-5H3. The molecule has 36 heavy (non-hydrogen) atoms. The van der Waals surface area contributed by atoms with Gasteiger partial charge in [-0.2, -0.15) is 0 Å². The van der Waals surface area contributed by atoms with Gasteiger partial charge in [-0.1, -0.05) is 23.8 Å². The lowest BCUT2D eigenvalue weighted by atomic mass is 9.48. The molecule has 6 nitrogen and oxygen atoms in total. The zero-order valence-electron chi connectivity index (χ0n) is 21.7. The summed E-state index contributed by atoms with van der Waals surface area (Å²) in [6.45, 7) is 12.5. The fraction of sp³-hybridized carbons (Fsp3) is 0.733. The molecule has 0 aromatic heterocycles. The van der Waals surface area contributed by atoms with E-state index in [4.69, 9.17) is 14.2 Å². The van der Waals surface area contributed by atoms with Crippen molar-refractivity contribution in [1.82, 2.24) is 0 Å². The Hall–Kier alpha value is -1.92. The molecular weight excluding hydrogens is 456 g/mol. The summed E-state index contributed by atoms with van der Waals surface area (Å²) in [5.41, 5.74) is 0.807. The van der Waals surface area contributed by atoms with Gasteiger partial charge in [-0.15, -0.1) is 0 Å². The molecule has 0 amide bonds. The Bertz CT molecular complexity index is 1240. The summed E-state index contributed by atoms with van der Waals surface area (Å²) in [6.07, 6.45) is 6.79. The summed E-state index contributed by atoms with van der Waals surface area (Å²) in [4.78, 5) is 27.1. The normalized spacial score (nSPS) is 57.9. The number of aliphatic hydroxyl groups is 1. The molecule has 2 bridgehead atoms. The molecule has 1 N–H and O–H groups in total. The summed E-state index contributed by atoms with van der Waals surface area (Å²) in [6, 6.07) is 0. The topological polar surface area (TPSA) is 85.4 Å². The van der Waals surface area contributed by atoms with E-state index in [1.54, 1.807) is 0 Å². The van der Waals surface area contributed by atoms with Crippen LogP contribution in [0.15, 0.2) is 34.9 Å². The number of carbonyl (C=O) groups excluding carboxylic acids is 2. The summed E-state index contributed by atoms with van der Waals surface area (Å²) in [7, 11) is 0. The molecule has 3 saturated carbocycles. The van der Waals surface area contributed by atoms with Gasteiger partial charge in [0.25, 0.3) is 0 Å². The Balaban J connectivity index is 1.34. The second-order valence-corrected chi connectivity index (χ2v) is 13.7. The molecule has 6 heteroatoms. The maximum Gasteiger partial charge on any atom is 0.334 e. The van der Waals surface area contributed by atoms with Crippen molar-refractivity contribution < 1.29 is 28.9 Å². The van der Waals surface area contributed by atoms with Gasteiger partial charge in [0.2, 0.25) is 0 Å². The van der Waals surface area contributed by atoms with Crippen molar-refractivity contribution in [2.24, 2.45) is 34.5 Å². The highest BCUT2D eigenvalue weighted by Crippen LogP contribution is 2.80. The summed E-state index contributed by atoms with van der Waals surface area (Å²) in [5.74, 6) is -0.379. The van der Waals surface area contributed by atoms with Crippen LogP contribution in [0.25, 0.3) is 0 Å². The van der Waals surface area contributed by atoms with Crippen molar-refractivity contribution in [3.63, 3.8) is 0 Å². The highest BCUT2D eigenvalue weighted by molar-refractivity contribution is 5.92. The highest BCUT2D eigenvalue weighted by atomic mass is 16.6. The molecule has 0 aromatic rings. The van der Waals surface area contributed by atoms with Gasteiger partial charge >= 0.3 is 11.9 Å². The second kappa shape index (κ2) is 6.04. The lowest BCUT2D eigenvalue weighted by Crippen LogP contribution is -2.60. The quantitative estimate of drug-likeness (QED) is 0.236. The first-order valence-electron chi connectivity index (χ1n) is 13.9. The van der Waals surface area contributed by atoms with Gasteiger partial charge in [0.15, 0.2) is 0 Å². The van der Waals surface area contributed by atoms with Crippen LogP contribution in [0.3, 0.4) is 0 Å². The number of hydrogen-bond donors (Lipinski definition) is 1. The third-order valence-corrected chi connectivity index (χ3v) is 12.7. The molecule has 3 aliphatic heterocycles. The average Bonchev–Trinajstić information content (AvgIpc) is 3.21. The summed E-state index contributed by atoms with van der Waals surface area (Å²) < 4.78 is 19.0. The van der Waals surface area contributed by atoms with E-state index in [-0.39, 0.29) is 52.9 Å². The first-order valence-corrected chi connectivity index (χ1v) is 13.9. The fourth-order valence-corrected chi connectivity index (χ4v) is 11.1. The molecule has 11 unspecified atom stereocenters. The first kappa shape index (κ1) is 22.1. The number of fused-ring (bicyclic) bond motifs is 6. The van der Waals surface area contributed by atoms with Crippen molar-refractivity contribution in [1.29, 1.82) is 0 Å². The van der Waals surface area contributed by atoms with E-state index in [2.05, 4.69) is 33.4 Å². The Labute approximate surface area is 212 Å². The minimum Gasteiger partial charge on any atom is -0.461 e. The third-order valence-electron chi connectivity index (χ3n) is 12.7. The fourth-order valence-electron chi connectivity index (χ4n) is 11.1. The number of esters is 2. The SMILES string of the molecule is C=C1C(=O)OC2C3=C(C)C4CC5(C(=O)OC6C7C(C)=CCC78OC8(C)CCC65)C3(C4)C(C)(O)CCC12. The van der Waals surface area contributed by atoms with Crippen LogP contribution in [0, 0.1) is 34.5 Å². The van der Waals surface area contributed by atoms with Crippen LogP contribution in [0.2, 0.25) is 0 Å². The third kappa shape index (κ3) is 1.98. The molecule has 3 saturated heterocycles. The largest absolute Gasteiger partial charge is 0.461 e. The summed E-state index contributed by atoms with van der Waals surface area (Å²) >= 11 is 0. The Morgan fingerprint density at radius 2 is 1.86 bits per heavy atom. The van der Waals surface area contributed by atoms with Crippen molar-refractivity contribution in [2.45, 2.75) is 102 Å². The van der Waals surface area contributed by atoms with Crippen molar-refractivity contribution in [2.75, 3.05) is 0 Å². The molecule has 0 radical (unpaired) electrons. The van der Waals surface area contributed by atoms with Crippen LogP contribution < -0.4 is 0 Å². The first-order chi connectivity index (χ1) is 16.9. The monoisotopic (exact) mass is 492 g/mol. The van der Waals surface area contributed by atoms with Crippen molar-refractivity contribution >= 4 is 11.9 Å². The average molecular weight is 493 g/mol. The maximum absolute atomic E-state index is 14.4. The van der Waals surface area contributed by atoms with E-state index < -0.39 is 22.5 Å². The zero-order valence-corrected chi connectivity index (χ0v) is 21.7. The van der Waals surface area contributed by atoms with Gasteiger partial charge in [-0.05, 0) is 84.1 Å². The maximum atomic E-state index is 14.4. The van der Waals surface area contributed by atoms with Crippen LogP contribution in [0.5, 0.6) is 0 Å². The number of hydrogen-bond acceptors (Lipinski definition) is 6. The van der Waals surface area contributed by atoms with Gasteiger partial charge in [-0.25, -0.2) is 4.79 Å². The zero-order chi connectivity index (χ0) is 25.2. The van der Waals surface area contributed by atoms with Crippen LogP contribution in [0.4, 0.5) is 0 Å². The Morgan fingerprint density at radius 3 is 2.64 bits per heavy atom. The smallest absolute Gasteiger partial charge is 0.334 e. The summed E-state index contributed by atoms with van der Waals surface area (Å²) in [5, 5.41) is 12.4. The second-order valence-electron chi connectivity index (χ2n) is 13.7. The number of rotatable bonds is 0. The van der Waals surface area contributed by atoms with Gasteiger partial charge < -0.3 is 19.3 Å². The van der Waals surface area contributed by atoms with Crippen LogP contribution in [0.1, 0.15) is 72.6 Å². The van der Waals surface area contributed by atoms with Crippen molar-refractivity contribution in [3.8, 4) is 0 Å². The van der Waals surface area contributed by atoms with Gasteiger partial charge in [-0.3, -0.25) is 4.79 Å². The molecule has 5 aliphatic carbocycles. The molecule has 0 aromatic carbocycles. The molecule has 8 aliphatic rings. The molecular formula is C30H36O6. The number of carbonyl (C=O) groups is 2. The lowest BCUT2D eigenvalue weighted by molar-refractivity contribution is -0.169. The minimum atomic E-state index is -1.12. The van der Waals surface area contributed by atoms with Crippen LogP contribution in [-0.4, -0.2) is 46.1 Å². The van der Waals surface area contributed by atoms with Crippen LogP contribution >= 0.6 is 0 Å².